The van der Waals surface area contributed by atoms with E-state index in [1.54, 1.807) is 0 Å². The van der Waals surface area contributed by atoms with Gasteiger partial charge in [-0.3, -0.25) is 4.90 Å². The predicted octanol–water partition coefficient (Wildman–Crippen LogP) is 4.35. The summed E-state index contributed by atoms with van der Waals surface area (Å²) in [6, 6.07) is 9.99. The summed E-state index contributed by atoms with van der Waals surface area (Å²) in [4.78, 5) is 10.2. The Labute approximate surface area is 155 Å². The van der Waals surface area contributed by atoms with Gasteiger partial charge in [0.15, 0.2) is 5.15 Å². The van der Waals surface area contributed by atoms with Gasteiger partial charge in [0.25, 0.3) is 0 Å². The third-order valence-electron chi connectivity index (χ3n) is 5.15. The Morgan fingerprint density at radius 3 is 2.68 bits per heavy atom. The molecule has 4 nitrogen and oxygen atoms in total. The van der Waals surface area contributed by atoms with E-state index in [4.69, 9.17) is 11.6 Å². The molecule has 0 bridgehead atoms. The number of aromatic amines is 1. The van der Waals surface area contributed by atoms with Gasteiger partial charge < -0.3 is 10.1 Å². The van der Waals surface area contributed by atoms with Gasteiger partial charge in [-0.2, -0.15) is 0 Å². The zero-order chi connectivity index (χ0) is 17.6. The van der Waals surface area contributed by atoms with E-state index in [1.165, 1.54) is 0 Å². The molecule has 0 saturated carbocycles. The molecule has 2 aromatic rings. The molecule has 1 aliphatic heterocycles. The smallest absolute Gasteiger partial charge is 0.151 e. The number of benzene rings is 1. The van der Waals surface area contributed by atoms with Crippen molar-refractivity contribution >= 4 is 11.6 Å². The van der Waals surface area contributed by atoms with Gasteiger partial charge in [0.1, 0.15) is 5.82 Å². The highest BCUT2D eigenvalue weighted by Crippen LogP contribution is 2.31. The van der Waals surface area contributed by atoms with Crippen LogP contribution in [0.3, 0.4) is 0 Å². The molecule has 2 heterocycles. The first-order valence-corrected chi connectivity index (χ1v) is 9.73. The number of aliphatic hydroxyl groups is 1. The third-order valence-corrected chi connectivity index (χ3v) is 5.46. The van der Waals surface area contributed by atoms with Crippen LogP contribution in [-0.4, -0.2) is 33.1 Å². The number of unbranched alkanes of at least 4 members (excludes halogenated alkanes) is 1. The topological polar surface area (TPSA) is 52.1 Å². The Balaban J connectivity index is 1.52. The second kappa shape index (κ2) is 8.84. The molecule has 0 aliphatic carbocycles. The van der Waals surface area contributed by atoms with Crippen molar-refractivity contribution in [2.45, 2.75) is 51.7 Å². The highest BCUT2D eigenvalue weighted by molar-refractivity contribution is 6.30. The summed E-state index contributed by atoms with van der Waals surface area (Å²) < 4.78 is 0. The van der Waals surface area contributed by atoms with Crippen molar-refractivity contribution in [1.82, 2.24) is 14.9 Å². The number of aryl methyl sites for hydroxylation is 1. The average Bonchev–Trinajstić information content (AvgIpc) is 3.00. The maximum atomic E-state index is 10.6. The molecule has 0 radical (unpaired) electrons. The molecular formula is C20H28ClN3O. The van der Waals surface area contributed by atoms with Gasteiger partial charge in [-0.05, 0) is 43.8 Å². The van der Waals surface area contributed by atoms with Crippen LogP contribution < -0.4 is 0 Å². The fraction of sp³-hybridized carbons (Fsp3) is 0.550. The Morgan fingerprint density at radius 2 is 2.00 bits per heavy atom. The molecule has 1 saturated heterocycles. The van der Waals surface area contributed by atoms with Crippen molar-refractivity contribution < 1.29 is 5.11 Å². The predicted molar refractivity (Wildman–Crippen MR) is 102 cm³/mol. The standard InChI is InChI=1S/C20H28ClN3O/c1-2-3-9-18-22-17(20(21)23-18)14-24-12-10-16(11-13-24)19(25)15-7-5-4-6-8-15/h4-8,16,19,25H,2-3,9-14H2,1H3,(H,22,23)/t19-/m1/s1. The van der Waals surface area contributed by atoms with E-state index in [-0.39, 0.29) is 6.10 Å². The van der Waals surface area contributed by atoms with Crippen molar-refractivity contribution in [3.8, 4) is 0 Å². The summed E-state index contributed by atoms with van der Waals surface area (Å²) in [5.74, 6) is 1.33. The Kier molecular flexibility index (Phi) is 6.51. The number of nitrogens with one attached hydrogen (secondary N) is 1. The van der Waals surface area contributed by atoms with Crippen LogP contribution in [0.5, 0.6) is 0 Å². The molecule has 25 heavy (non-hydrogen) atoms. The van der Waals surface area contributed by atoms with Crippen LogP contribution in [0.15, 0.2) is 30.3 Å². The summed E-state index contributed by atoms with van der Waals surface area (Å²) in [5, 5.41) is 11.2. The first-order valence-electron chi connectivity index (χ1n) is 9.36. The zero-order valence-electron chi connectivity index (χ0n) is 14.9. The molecular weight excluding hydrogens is 334 g/mol. The lowest BCUT2D eigenvalue weighted by Gasteiger charge is -2.34. The lowest BCUT2D eigenvalue weighted by atomic mass is 9.87. The van der Waals surface area contributed by atoms with Gasteiger partial charge in [-0.15, -0.1) is 0 Å². The maximum absolute atomic E-state index is 10.6. The molecule has 136 valence electrons. The Bertz CT molecular complexity index is 650. The van der Waals surface area contributed by atoms with E-state index in [0.29, 0.717) is 11.1 Å². The second-order valence-electron chi connectivity index (χ2n) is 7.03. The van der Waals surface area contributed by atoms with Gasteiger partial charge in [0.2, 0.25) is 0 Å². The number of imidazole rings is 1. The average molecular weight is 362 g/mol. The second-order valence-corrected chi connectivity index (χ2v) is 7.38. The number of aliphatic hydroxyl groups excluding tert-OH is 1. The van der Waals surface area contributed by atoms with Crippen LogP contribution in [0.2, 0.25) is 5.15 Å². The van der Waals surface area contributed by atoms with Crippen molar-refractivity contribution in [2.75, 3.05) is 13.1 Å². The minimum Gasteiger partial charge on any atom is -0.388 e. The number of likely N-dealkylation sites (tertiary alicyclic amines) is 1. The fourth-order valence-corrected chi connectivity index (χ4v) is 3.79. The first kappa shape index (κ1) is 18.4. The van der Waals surface area contributed by atoms with E-state index >= 15 is 0 Å². The van der Waals surface area contributed by atoms with E-state index in [2.05, 4.69) is 21.8 Å². The number of H-pyrrole nitrogens is 1. The van der Waals surface area contributed by atoms with Crippen molar-refractivity contribution in [3.63, 3.8) is 0 Å². The van der Waals surface area contributed by atoms with Crippen LogP contribution in [-0.2, 0) is 13.0 Å². The first-order chi connectivity index (χ1) is 12.2. The van der Waals surface area contributed by atoms with Gasteiger partial charge >= 0.3 is 0 Å². The molecule has 1 aromatic heterocycles. The monoisotopic (exact) mass is 361 g/mol. The van der Waals surface area contributed by atoms with Crippen LogP contribution in [0, 0.1) is 5.92 Å². The minimum absolute atomic E-state index is 0.330. The molecule has 2 N–H and O–H groups in total. The normalized spacial score (nSPS) is 17.7. The number of halogens is 1. The van der Waals surface area contributed by atoms with Gasteiger partial charge in [-0.25, -0.2) is 4.98 Å². The van der Waals surface area contributed by atoms with Gasteiger partial charge in [-0.1, -0.05) is 55.3 Å². The van der Waals surface area contributed by atoms with E-state index in [1.807, 2.05) is 30.3 Å². The van der Waals surface area contributed by atoms with Gasteiger partial charge in [0.05, 0.1) is 11.8 Å². The van der Waals surface area contributed by atoms with Crippen molar-refractivity contribution in [1.29, 1.82) is 0 Å². The van der Waals surface area contributed by atoms with Crippen LogP contribution in [0.25, 0.3) is 0 Å². The minimum atomic E-state index is -0.361. The lowest BCUT2D eigenvalue weighted by Crippen LogP contribution is -2.35. The zero-order valence-corrected chi connectivity index (χ0v) is 15.7. The summed E-state index contributed by atoms with van der Waals surface area (Å²) in [5.41, 5.74) is 2.05. The molecule has 0 spiro atoms. The summed E-state index contributed by atoms with van der Waals surface area (Å²) in [7, 11) is 0. The van der Waals surface area contributed by atoms with Crippen LogP contribution in [0.1, 0.15) is 55.8 Å². The number of aromatic nitrogens is 2. The number of nitrogens with zero attached hydrogens (tertiary/aromatic N) is 2. The van der Waals surface area contributed by atoms with Gasteiger partial charge in [0, 0.05) is 13.0 Å². The highest BCUT2D eigenvalue weighted by atomic mass is 35.5. The molecule has 1 atom stereocenters. The number of hydrogen-bond donors (Lipinski definition) is 2. The molecule has 5 heteroatoms. The van der Waals surface area contributed by atoms with E-state index in [0.717, 1.165) is 68.8 Å². The van der Waals surface area contributed by atoms with E-state index < -0.39 is 0 Å². The molecule has 1 aliphatic rings. The number of piperidine rings is 1. The third kappa shape index (κ3) is 4.84. The molecule has 1 aromatic carbocycles. The Hall–Kier alpha value is -1.36. The molecule has 3 rings (SSSR count). The number of rotatable bonds is 7. The van der Waals surface area contributed by atoms with Crippen molar-refractivity contribution in [2.24, 2.45) is 5.92 Å². The Morgan fingerprint density at radius 1 is 1.28 bits per heavy atom. The molecule has 0 amide bonds. The van der Waals surface area contributed by atoms with Crippen LogP contribution in [0.4, 0.5) is 0 Å². The quantitative estimate of drug-likeness (QED) is 0.770. The summed E-state index contributed by atoms with van der Waals surface area (Å²) in [6.45, 7) is 4.95. The largest absolute Gasteiger partial charge is 0.388 e. The highest BCUT2D eigenvalue weighted by Gasteiger charge is 2.26. The summed E-state index contributed by atoms with van der Waals surface area (Å²) >= 11 is 6.29. The summed E-state index contributed by atoms with van der Waals surface area (Å²) in [6.07, 6.45) is 4.90. The van der Waals surface area contributed by atoms with E-state index in [9.17, 15) is 5.11 Å². The lowest BCUT2D eigenvalue weighted by molar-refractivity contribution is 0.0565. The fourth-order valence-electron chi connectivity index (χ4n) is 3.58. The van der Waals surface area contributed by atoms with Crippen LogP contribution >= 0.6 is 11.6 Å². The number of hydrogen-bond acceptors (Lipinski definition) is 3. The van der Waals surface area contributed by atoms with Crippen molar-refractivity contribution in [3.05, 3.63) is 52.6 Å². The molecule has 1 fully saturated rings. The SMILES string of the molecule is CCCCc1nc(Cl)c(CN2CCC([C@H](O)c3ccccc3)CC2)[nH]1. The maximum Gasteiger partial charge on any atom is 0.151 e. The molecule has 0 unspecified atom stereocenters.